The Kier molecular flexibility index (Phi) is 4.05. The van der Waals surface area contributed by atoms with Gasteiger partial charge >= 0.3 is 0 Å². The van der Waals surface area contributed by atoms with E-state index >= 15 is 0 Å². The molecule has 13 heavy (non-hydrogen) atoms. The van der Waals surface area contributed by atoms with Gasteiger partial charge < -0.3 is 28.5 Å². The third kappa shape index (κ3) is 2.38. The lowest BCUT2D eigenvalue weighted by Crippen LogP contribution is -3.00. The number of rotatable bonds is 0. The standard InChI is InChI=1S/C11H22N.HI/c1-10-6-8-12(2)7-4-3-5-11(12)9-10;/h10-11H,3-9H2,1-2H3;1H/q+1;/p-1/t10-,11-,12-;/m0./s1. The molecular weight excluding hydrogens is 273 g/mol. The lowest BCUT2D eigenvalue weighted by Gasteiger charge is -2.49. The second kappa shape index (κ2) is 4.47. The first-order chi connectivity index (χ1) is 5.71. The van der Waals surface area contributed by atoms with Gasteiger partial charge in [-0.2, -0.15) is 0 Å². The fraction of sp³-hybridized carbons (Fsp3) is 1.00. The van der Waals surface area contributed by atoms with Crippen molar-refractivity contribution in [2.24, 2.45) is 5.92 Å². The van der Waals surface area contributed by atoms with Crippen LogP contribution in [0.4, 0.5) is 0 Å². The number of quaternary nitrogens is 1. The molecule has 0 saturated carbocycles. The summed E-state index contributed by atoms with van der Waals surface area (Å²) in [6.45, 7) is 5.33. The van der Waals surface area contributed by atoms with Gasteiger partial charge in [0.15, 0.2) is 0 Å². The summed E-state index contributed by atoms with van der Waals surface area (Å²) in [4.78, 5) is 0. The molecule has 0 spiro atoms. The lowest BCUT2D eigenvalue weighted by molar-refractivity contribution is -0.944. The summed E-state index contributed by atoms with van der Waals surface area (Å²) in [5.41, 5.74) is 0. The Morgan fingerprint density at radius 2 is 1.85 bits per heavy atom. The molecule has 2 fully saturated rings. The van der Waals surface area contributed by atoms with Crippen LogP contribution in [0.5, 0.6) is 0 Å². The molecule has 0 bridgehead atoms. The summed E-state index contributed by atoms with van der Waals surface area (Å²) in [5, 5.41) is 0. The van der Waals surface area contributed by atoms with Crippen LogP contribution in [-0.2, 0) is 0 Å². The Hall–Kier alpha value is 0.690. The first-order valence-corrected chi connectivity index (χ1v) is 5.55. The number of piperidine rings is 2. The first kappa shape index (κ1) is 11.8. The smallest absolute Gasteiger partial charge is 0.0890 e. The third-order valence-corrected chi connectivity index (χ3v) is 4.14. The van der Waals surface area contributed by atoms with Crippen molar-refractivity contribution in [1.82, 2.24) is 0 Å². The fourth-order valence-corrected chi connectivity index (χ4v) is 3.11. The van der Waals surface area contributed by atoms with Crippen LogP contribution < -0.4 is 24.0 Å². The highest BCUT2D eigenvalue weighted by atomic mass is 127. The van der Waals surface area contributed by atoms with E-state index in [9.17, 15) is 0 Å². The van der Waals surface area contributed by atoms with Crippen LogP contribution in [0.3, 0.4) is 0 Å². The number of hydrogen-bond acceptors (Lipinski definition) is 0. The zero-order chi connectivity index (χ0) is 8.60. The molecule has 0 aliphatic carbocycles. The van der Waals surface area contributed by atoms with Gasteiger partial charge in [-0.25, -0.2) is 0 Å². The van der Waals surface area contributed by atoms with E-state index in [4.69, 9.17) is 0 Å². The van der Waals surface area contributed by atoms with Crippen LogP contribution in [-0.4, -0.2) is 30.7 Å². The topological polar surface area (TPSA) is 0 Å². The van der Waals surface area contributed by atoms with Crippen LogP contribution in [0.1, 0.15) is 39.0 Å². The summed E-state index contributed by atoms with van der Waals surface area (Å²) in [6, 6.07) is 1.02. The second-order valence-electron chi connectivity index (χ2n) is 5.21. The number of fused-ring (bicyclic) bond motifs is 1. The quantitative estimate of drug-likeness (QED) is 0.414. The molecule has 3 atom stereocenters. The molecule has 2 aliphatic heterocycles. The molecule has 2 saturated heterocycles. The minimum absolute atomic E-state index is 0. The van der Waals surface area contributed by atoms with Crippen molar-refractivity contribution in [3.8, 4) is 0 Å². The highest BCUT2D eigenvalue weighted by molar-refractivity contribution is 4.73. The minimum atomic E-state index is 0. The third-order valence-electron chi connectivity index (χ3n) is 4.14. The van der Waals surface area contributed by atoms with Crippen molar-refractivity contribution >= 4 is 0 Å². The number of halogens is 1. The normalized spacial score (nSPS) is 44.8. The first-order valence-electron chi connectivity index (χ1n) is 5.55. The van der Waals surface area contributed by atoms with Gasteiger partial charge in [-0.15, -0.1) is 0 Å². The van der Waals surface area contributed by atoms with Crippen LogP contribution in [0, 0.1) is 5.92 Å². The van der Waals surface area contributed by atoms with E-state index in [0.717, 1.165) is 12.0 Å². The maximum absolute atomic E-state index is 2.48. The van der Waals surface area contributed by atoms with Crippen LogP contribution >= 0.6 is 0 Å². The maximum atomic E-state index is 2.48. The lowest BCUT2D eigenvalue weighted by atomic mass is 9.85. The van der Waals surface area contributed by atoms with E-state index in [2.05, 4.69) is 14.0 Å². The molecule has 0 radical (unpaired) electrons. The van der Waals surface area contributed by atoms with Gasteiger partial charge in [0.25, 0.3) is 0 Å². The summed E-state index contributed by atoms with van der Waals surface area (Å²) in [6.07, 6.45) is 7.43. The van der Waals surface area contributed by atoms with Gasteiger partial charge in [0.1, 0.15) is 0 Å². The average Bonchev–Trinajstić information content (AvgIpc) is 2.06. The van der Waals surface area contributed by atoms with Gasteiger partial charge in [0.05, 0.1) is 26.2 Å². The monoisotopic (exact) mass is 295 g/mol. The largest absolute Gasteiger partial charge is 1.00 e. The summed E-state index contributed by atoms with van der Waals surface area (Å²) in [7, 11) is 2.48. The number of nitrogens with zero attached hydrogens (tertiary/aromatic N) is 1. The molecule has 0 amide bonds. The molecule has 2 heteroatoms. The fourth-order valence-electron chi connectivity index (χ4n) is 3.11. The van der Waals surface area contributed by atoms with E-state index in [1.807, 2.05) is 0 Å². The average molecular weight is 295 g/mol. The predicted octanol–water partition coefficient (Wildman–Crippen LogP) is -0.581. The van der Waals surface area contributed by atoms with Crippen molar-refractivity contribution in [2.75, 3.05) is 20.1 Å². The van der Waals surface area contributed by atoms with E-state index in [0.29, 0.717) is 0 Å². The highest BCUT2D eigenvalue weighted by Gasteiger charge is 2.39. The second-order valence-corrected chi connectivity index (χ2v) is 5.21. The van der Waals surface area contributed by atoms with Crippen molar-refractivity contribution in [3.05, 3.63) is 0 Å². The molecule has 0 aromatic carbocycles. The maximum Gasteiger partial charge on any atom is 0.0890 e. The Balaban J connectivity index is 0.000000845. The SMILES string of the molecule is C[C@H]1CC[N@+]2(C)CCCC[C@H]2C1.[I-]. The molecular formula is C11H22IN. The highest BCUT2D eigenvalue weighted by Crippen LogP contribution is 2.34. The molecule has 0 unspecified atom stereocenters. The van der Waals surface area contributed by atoms with E-state index in [1.165, 1.54) is 49.7 Å². The predicted molar refractivity (Wildman–Crippen MR) is 52.0 cm³/mol. The van der Waals surface area contributed by atoms with E-state index in [1.54, 1.807) is 0 Å². The van der Waals surface area contributed by atoms with E-state index in [-0.39, 0.29) is 24.0 Å². The molecule has 2 aliphatic rings. The molecule has 1 nitrogen and oxygen atoms in total. The van der Waals surface area contributed by atoms with Crippen molar-refractivity contribution in [1.29, 1.82) is 0 Å². The van der Waals surface area contributed by atoms with Crippen LogP contribution in [0.2, 0.25) is 0 Å². The number of hydrogen-bond donors (Lipinski definition) is 0. The molecule has 2 rings (SSSR count). The zero-order valence-corrected chi connectivity index (χ0v) is 11.1. The van der Waals surface area contributed by atoms with Crippen LogP contribution in [0.15, 0.2) is 0 Å². The molecule has 78 valence electrons. The van der Waals surface area contributed by atoms with E-state index < -0.39 is 0 Å². The van der Waals surface area contributed by atoms with Crippen molar-refractivity contribution in [2.45, 2.75) is 45.1 Å². The van der Waals surface area contributed by atoms with Crippen molar-refractivity contribution < 1.29 is 28.5 Å². The summed E-state index contributed by atoms with van der Waals surface area (Å²) in [5.74, 6) is 0.999. The summed E-state index contributed by atoms with van der Waals surface area (Å²) >= 11 is 0. The van der Waals surface area contributed by atoms with Gasteiger partial charge in [0.2, 0.25) is 0 Å². The Morgan fingerprint density at radius 3 is 2.62 bits per heavy atom. The van der Waals surface area contributed by atoms with Crippen LogP contribution in [0.25, 0.3) is 0 Å². The van der Waals surface area contributed by atoms with Crippen molar-refractivity contribution in [3.63, 3.8) is 0 Å². The van der Waals surface area contributed by atoms with Gasteiger partial charge in [-0.1, -0.05) is 6.92 Å². The Labute approximate surface area is 99.5 Å². The molecule has 0 aromatic heterocycles. The molecule has 2 heterocycles. The molecule has 0 aromatic rings. The Morgan fingerprint density at radius 1 is 1.08 bits per heavy atom. The summed E-state index contributed by atoms with van der Waals surface area (Å²) < 4.78 is 1.41. The van der Waals surface area contributed by atoms with Gasteiger partial charge in [-0.05, 0) is 31.6 Å². The van der Waals surface area contributed by atoms with Gasteiger partial charge in [-0.3, -0.25) is 0 Å². The minimum Gasteiger partial charge on any atom is -1.00 e. The molecule has 0 N–H and O–H groups in total. The van der Waals surface area contributed by atoms with Gasteiger partial charge in [0, 0.05) is 6.42 Å². The Bertz CT molecular complexity index is 171. The zero-order valence-electron chi connectivity index (χ0n) is 8.93.